The summed E-state index contributed by atoms with van der Waals surface area (Å²) >= 11 is 0. The maximum Gasteiger partial charge on any atom is 0.303 e. The van der Waals surface area contributed by atoms with Gasteiger partial charge in [-0.2, -0.15) is 0 Å². The third-order valence-corrected chi connectivity index (χ3v) is 4.08. The van der Waals surface area contributed by atoms with E-state index in [9.17, 15) is 9.59 Å². The molecule has 2 N–H and O–H groups in total. The summed E-state index contributed by atoms with van der Waals surface area (Å²) in [7, 11) is 0. The van der Waals surface area contributed by atoms with Crippen LogP contribution < -0.4 is 5.32 Å². The van der Waals surface area contributed by atoms with E-state index in [0.717, 1.165) is 30.5 Å². The number of benzene rings is 1. The lowest BCUT2D eigenvalue weighted by Gasteiger charge is -2.17. The van der Waals surface area contributed by atoms with E-state index in [2.05, 4.69) is 12.2 Å². The number of para-hydroxylation sites is 1. The molecule has 0 radical (unpaired) electrons. The molecule has 4 nitrogen and oxygen atoms in total. The van der Waals surface area contributed by atoms with Crippen LogP contribution in [0.15, 0.2) is 24.3 Å². The number of carboxylic acid groups (broad SMARTS) is 1. The third-order valence-electron chi connectivity index (χ3n) is 4.08. The first-order chi connectivity index (χ1) is 9.58. The van der Waals surface area contributed by atoms with Crippen LogP contribution >= 0.6 is 0 Å². The first-order valence-corrected chi connectivity index (χ1v) is 7.18. The van der Waals surface area contributed by atoms with E-state index in [4.69, 9.17) is 5.11 Å². The second-order valence-electron chi connectivity index (χ2n) is 5.55. The van der Waals surface area contributed by atoms with Crippen LogP contribution in [0.25, 0.3) is 0 Å². The van der Waals surface area contributed by atoms with Crippen LogP contribution in [-0.2, 0) is 16.0 Å². The van der Waals surface area contributed by atoms with Crippen molar-refractivity contribution in [3.63, 3.8) is 0 Å². The molecular weight excluding hydrogens is 254 g/mol. The van der Waals surface area contributed by atoms with Crippen molar-refractivity contribution in [1.29, 1.82) is 0 Å². The topological polar surface area (TPSA) is 66.4 Å². The molecule has 0 bridgehead atoms. The van der Waals surface area contributed by atoms with Crippen molar-refractivity contribution >= 4 is 17.6 Å². The Labute approximate surface area is 119 Å². The van der Waals surface area contributed by atoms with Crippen LogP contribution in [0.3, 0.4) is 0 Å². The van der Waals surface area contributed by atoms with E-state index in [1.54, 1.807) is 0 Å². The van der Waals surface area contributed by atoms with Crippen LogP contribution in [0.2, 0.25) is 0 Å². The fourth-order valence-corrected chi connectivity index (χ4v) is 2.86. The molecule has 1 fully saturated rings. The number of rotatable bonds is 5. The Morgan fingerprint density at radius 3 is 2.70 bits per heavy atom. The molecular formula is C16H21NO3. The minimum Gasteiger partial charge on any atom is -0.481 e. The average molecular weight is 275 g/mol. The zero-order valence-electron chi connectivity index (χ0n) is 11.8. The number of hydrogen-bond donors (Lipinski definition) is 2. The zero-order valence-corrected chi connectivity index (χ0v) is 11.8. The normalized spacial score (nSPS) is 21.6. The summed E-state index contributed by atoms with van der Waals surface area (Å²) in [5.74, 6) is -0.239. The Bertz CT molecular complexity index is 498. The van der Waals surface area contributed by atoms with Crippen molar-refractivity contribution in [2.24, 2.45) is 11.8 Å². The Morgan fingerprint density at radius 1 is 1.30 bits per heavy atom. The number of carboxylic acids is 1. The van der Waals surface area contributed by atoms with Gasteiger partial charge in [-0.05, 0) is 36.8 Å². The van der Waals surface area contributed by atoms with Gasteiger partial charge < -0.3 is 10.4 Å². The highest BCUT2D eigenvalue weighted by atomic mass is 16.4. The van der Waals surface area contributed by atoms with Crippen LogP contribution in [0.4, 0.5) is 5.69 Å². The Kier molecular flexibility index (Phi) is 4.77. The van der Waals surface area contributed by atoms with E-state index < -0.39 is 5.97 Å². The summed E-state index contributed by atoms with van der Waals surface area (Å²) in [4.78, 5) is 23.0. The van der Waals surface area contributed by atoms with Gasteiger partial charge in [0.15, 0.2) is 0 Å². The Balaban J connectivity index is 2.04. The van der Waals surface area contributed by atoms with E-state index >= 15 is 0 Å². The molecule has 2 unspecified atom stereocenters. The van der Waals surface area contributed by atoms with Gasteiger partial charge >= 0.3 is 5.97 Å². The summed E-state index contributed by atoms with van der Waals surface area (Å²) < 4.78 is 0. The van der Waals surface area contributed by atoms with E-state index in [1.807, 2.05) is 24.3 Å². The molecule has 0 spiro atoms. The van der Waals surface area contributed by atoms with Crippen molar-refractivity contribution in [3.8, 4) is 0 Å². The van der Waals surface area contributed by atoms with Crippen molar-refractivity contribution < 1.29 is 14.7 Å². The van der Waals surface area contributed by atoms with Crippen molar-refractivity contribution in [3.05, 3.63) is 29.8 Å². The summed E-state index contributed by atoms with van der Waals surface area (Å²) in [5.41, 5.74) is 1.63. The predicted molar refractivity (Wildman–Crippen MR) is 77.5 cm³/mol. The molecule has 0 aromatic heterocycles. The van der Waals surface area contributed by atoms with Gasteiger partial charge in [0, 0.05) is 18.0 Å². The fraction of sp³-hybridized carbons (Fsp3) is 0.500. The SMILES string of the molecule is CC1CCCC1C(=O)Nc1ccccc1CCC(=O)O. The molecule has 1 aromatic rings. The second kappa shape index (κ2) is 6.55. The quantitative estimate of drug-likeness (QED) is 0.867. The molecule has 4 heteroatoms. The molecule has 1 aromatic carbocycles. The Hall–Kier alpha value is -1.84. The largest absolute Gasteiger partial charge is 0.481 e. The smallest absolute Gasteiger partial charge is 0.303 e. The first-order valence-electron chi connectivity index (χ1n) is 7.18. The van der Waals surface area contributed by atoms with Gasteiger partial charge in [0.05, 0.1) is 0 Å². The summed E-state index contributed by atoms with van der Waals surface area (Å²) in [5, 5.41) is 11.7. The minimum absolute atomic E-state index is 0.0674. The van der Waals surface area contributed by atoms with Crippen LogP contribution in [0.5, 0.6) is 0 Å². The molecule has 2 atom stereocenters. The van der Waals surface area contributed by atoms with Gasteiger partial charge in [-0.1, -0.05) is 31.5 Å². The predicted octanol–water partition coefficient (Wildman–Crippen LogP) is 3.08. The number of aliphatic carboxylic acids is 1. The van der Waals surface area contributed by atoms with Gasteiger partial charge in [-0.3, -0.25) is 9.59 Å². The van der Waals surface area contributed by atoms with Gasteiger partial charge in [-0.15, -0.1) is 0 Å². The monoisotopic (exact) mass is 275 g/mol. The highest BCUT2D eigenvalue weighted by Gasteiger charge is 2.29. The number of aryl methyl sites for hydroxylation is 1. The van der Waals surface area contributed by atoms with Crippen molar-refractivity contribution in [2.45, 2.75) is 39.0 Å². The summed E-state index contributed by atoms with van der Waals surface area (Å²) in [6.45, 7) is 2.12. The average Bonchev–Trinajstić information content (AvgIpc) is 2.84. The van der Waals surface area contributed by atoms with Crippen LogP contribution in [-0.4, -0.2) is 17.0 Å². The maximum atomic E-state index is 12.3. The Morgan fingerprint density at radius 2 is 2.05 bits per heavy atom. The standard InChI is InChI=1S/C16H21NO3/c1-11-5-4-7-13(11)16(20)17-14-8-3-2-6-12(14)9-10-15(18)19/h2-3,6,8,11,13H,4-5,7,9-10H2,1H3,(H,17,20)(H,18,19). The van der Waals surface area contributed by atoms with Gasteiger partial charge in [0.1, 0.15) is 0 Å². The molecule has 0 heterocycles. The fourth-order valence-electron chi connectivity index (χ4n) is 2.86. The highest BCUT2D eigenvalue weighted by Crippen LogP contribution is 2.32. The second-order valence-corrected chi connectivity index (χ2v) is 5.55. The molecule has 0 saturated heterocycles. The molecule has 2 rings (SSSR count). The number of hydrogen-bond acceptors (Lipinski definition) is 2. The lowest BCUT2D eigenvalue weighted by molar-refractivity contribution is -0.137. The molecule has 1 aliphatic carbocycles. The van der Waals surface area contributed by atoms with E-state index in [-0.39, 0.29) is 18.2 Å². The van der Waals surface area contributed by atoms with Crippen LogP contribution in [0.1, 0.15) is 38.2 Å². The van der Waals surface area contributed by atoms with Crippen LogP contribution in [0, 0.1) is 11.8 Å². The number of nitrogens with one attached hydrogen (secondary N) is 1. The van der Waals surface area contributed by atoms with Crippen molar-refractivity contribution in [2.75, 3.05) is 5.32 Å². The van der Waals surface area contributed by atoms with Gasteiger partial charge in [-0.25, -0.2) is 0 Å². The van der Waals surface area contributed by atoms with Crippen molar-refractivity contribution in [1.82, 2.24) is 0 Å². The molecule has 20 heavy (non-hydrogen) atoms. The number of carbonyl (C=O) groups is 2. The first kappa shape index (κ1) is 14.6. The molecule has 1 saturated carbocycles. The lowest BCUT2D eigenvalue weighted by Crippen LogP contribution is -2.25. The molecule has 0 aliphatic heterocycles. The van der Waals surface area contributed by atoms with Gasteiger partial charge in [0.2, 0.25) is 5.91 Å². The molecule has 108 valence electrons. The lowest BCUT2D eigenvalue weighted by atomic mass is 9.97. The van der Waals surface area contributed by atoms with E-state index in [0.29, 0.717) is 12.3 Å². The summed E-state index contributed by atoms with van der Waals surface area (Å²) in [6, 6.07) is 7.44. The van der Waals surface area contributed by atoms with E-state index in [1.165, 1.54) is 0 Å². The number of carbonyl (C=O) groups excluding carboxylic acids is 1. The highest BCUT2D eigenvalue weighted by molar-refractivity contribution is 5.93. The van der Waals surface area contributed by atoms with Gasteiger partial charge in [0.25, 0.3) is 0 Å². The summed E-state index contributed by atoms with van der Waals surface area (Å²) in [6.07, 6.45) is 3.68. The molecule has 1 aliphatic rings. The third kappa shape index (κ3) is 3.59. The zero-order chi connectivity index (χ0) is 14.5. The number of anilines is 1. The molecule has 1 amide bonds. The maximum absolute atomic E-state index is 12.3. The number of amides is 1. The minimum atomic E-state index is -0.824.